The Morgan fingerprint density at radius 1 is 0.985 bits per heavy atom. The second-order valence-electron chi connectivity index (χ2n) is 20.4. The molecule has 0 aromatic heterocycles. The molecule has 0 radical (unpaired) electrons. The third kappa shape index (κ3) is 14.0. The fraction of sp³-hybridized carbons (Fsp3) is 0.830. The first-order valence-electron chi connectivity index (χ1n) is 23.8. The van der Waals surface area contributed by atoms with E-state index >= 15 is 0 Å². The molecular formula is C47H81ClN4O15S. The molecular weight excluding hydrogens is 928 g/mol. The van der Waals surface area contributed by atoms with Crippen molar-refractivity contribution in [1.29, 1.82) is 0 Å². The summed E-state index contributed by atoms with van der Waals surface area (Å²) in [5, 5.41) is 62.3. The van der Waals surface area contributed by atoms with Gasteiger partial charge >= 0.3 is 12.0 Å². The summed E-state index contributed by atoms with van der Waals surface area (Å²) in [7, 11) is 0.899. The SMILES string of the molecule is CC[C@H]1OC(=O)[C@@H](C)[C@@H](OC2C[C@](C)(OC)[C@H](O)[C@@H](C)O2)[C@@H](C)[C@@H](O[C@H]2O[C@@H](C)C[C@H](N(C)C)[C@@H]2O)[C@](C)(O)C[C@@H](C)CN(CCCNC(=O)NS(=O)(=O)c2ccccc2Cl)[C@H](C)[C@@H](O)[C@]1(C)O. The smallest absolute Gasteiger partial charge is 0.328 e. The molecule has 3 saturated heterocycles. The predicted molar refractivity (Wildman–Crippen MR) is 253 cm³/mol. The van der Waals surface area contributed by atoms with Crippen LogP contribution in [0.25, 0.3) is 0 Å². The van der Waals surface area contributed by atoms with Crippen LogP contribution in [0.5, 0.6) is 0 Å². The monoisotopic (exact) mass is 1010 g/mol. The average Bonchev–Trinajstić information content (AvgIpc) is 3.25. The number of amides is 2. The number of nitrogens with zero attached hydrogens (tertiary/aromatic N) is 2. The molecule has 21 heteroatoms. The number of aliphatic hydroxyl groups is 5. The van der Waals surface area contributed by atoms with Gasteiger partial charge in [-0.25, -0.2) is 17.9 Å². The van der Waals surface area contributed by atoms with Gasteiger partial charge in [0.2, 0.25) is 0 Å². The number of hydrogen-bond acceptors (Lipinski definition) is 17. The summed E-state index contributed by atoms with van der Waals surface area (Å²) in [6, 6.07) is 3.59. The topological polar surface area (TPSA) is 255 Å². The van der Waals surface area contributed by atoms with E-state index in [2.05, 4.69) is 5.32 Å². The minimum absolute atomic E-state index is 0.00957. The summed E-state index contributed by atoms with van der Waals surface area (Å²) in [6.45, 7) is 17.5. The Kier molecular flexibility index (Phi) is 20.5. The van der Waals surface area contributed by atoms with Gasteiger partial charge in [0.25, 0.3) is 10.0 Å². The summed E-state index contributed by atoms with van der Waals surface area (Å²) in [5.74, 6) is -3.11. The summed E-state index contributed by atoms with van der Waals surface area (Å²) in [5.41, 5.74) is -4.81. The van der Waals surface area contributed by atoms with E-state index < -0.39 is 112 Å². The average molecular weight is 1010 g/mol. The Bertz CT molecular complexity index is 1920. The van der Waals surface area contributed by atoms with Crippen molar-refractivity contribution in [3.63, 3.8) is 0 Å². The van der Waals surface area contributed by atoms with Crippen LogP contribution in [0.15, 0.2) is 29.2 Å². The summed E-state index contributed by atoms with van der Waals surface area (Å²) >= 11 is 6.07. The fourth-order valence-corrected chi connectivity index (χ4v) is 11.7. The van der Waals surface area contributed by atoms with Gasteiger partial charge in [0, 0.05) is 51.2 Å². The second-order valence-corrected chi connectivity index (χ2v) is 22.4. The Hall–Kier alpha value is -2.28. The highest BCUT2D eigenvalue weighted by atomic mass is 35.5. The van der Waals surface area contributed by atoms with E-state index in [1.54, 1.807) is 54.5 Å². The number of sulfonamides is 1. The van der Waals surface area contributed by atoms with Crippen molar-refractivity contribution in [2.24, 2.45) is 17.8 Å². The molecule has 0 bridgehead atoms. The van der Waals surface area contributed by atoms with Crippen molar-refractivity contribution in [3.8, 4) is 0 Å². The molecule has 68 heavy (non-hydrogen) atoms. The van der Waals surface area contributed by atoms with Crippen LogP contribution in [0.2, 0.25) is 5.02 Å². The maximum absolute atomic E-state index is 14.5. The predicted octanol–water partition coefficient (Wildman–Crippen LogP) is 3.00. The Morgan fingerprint density at radius 2 is 1.63 bits per heavy atom. The summed E-state index contributed by atoms with van der Waals surface area (Å²) < 4.78 is 65.6. The zero-order valence-corrected chi connectivity index (χ0v) is 43.7. The highest BCUT2D eigenvalue weighted by Gasteiger charge is 2.53. The molecule has 18 atom stereocenters. The van der Waals surface area contributed by atoms with Crippen molar-refractivity contribution >= 4 is 33.6 Å². The number of hydrogen-bond donors (Lipinski definition) is 7. The van der Waals surface area contributed by atoms with Gasteiger partial charge in [-0.15, -0.1) is 0 Å². The zero-order chi connectivity index (χ0) is 51.3. The van der Waals surface area contributed by atoms with E-state index in [1.165, 1.54) is 32.2 Å². The number of urea groups is 1. The molecule has 1 unspecified atom stereocenters. The Balaban J connectivity index is 1.73. The molecule has 1 aromatic carbocycles. The van der Waals surface area contributed by atoms with Crippen LogP contribution in [0.4, 0.5) is 4.79 Å². The quantitative estimate of drug-likeness (QED) is 0.111. The van der Waals surface area contributed by atoms with Crippen LogP contribution < -0.4 is 10.0 Å². The molecule has 0 saturated carbocycles. The first kappa shape index (κ1) is 58.3. The van der Waals surface area contributed by atoms with Gasteiger partial charge in [-0.2, -0.15) is 0 Å². The van der Waals surface area contributed by atoms with E-state index in [0.29, 0.717) is 6.42 Å². The van der Waals surface area contributed by atoms with Gasteiger partial charge < -0.3 is 64.2 Å². The lowest BCUT2D eigenvalue weighted by atomic mass is 9.77. The third-order valence-electron chi connectivity index (χ3n) is 14.3. The van der Waals surface area contributed by atoms with E-state index in [-0.39, 0.29) is 73.3 Å². The molecule has 3 heterocycles. The Morgan fingerprint density at radius 3 is 2.24 bits per heavy atom. The number of carbonyl (C=O) groups is 2. The number of likely N-dealkylation sites (N-methyl/N-ethyl adjacent to an activating group) is 1. The van der Waals surface area contributed by atoms with E-state index in [9.17, 15) is 43.5 Å². The molecule has 2 amide bonds. The number of cyclic esters (lactones) is 1. The van der Waals surface area contributed by atoms with Crippen LogP contribution >= 0.6 is 11.6 Å². The van der Waals surface area contributed by atoms with Crippen molar-refractivity contribution in [2.45, 2.75) is 197 Å². The number of benzene rings is 1. The van der Waals surface area contributed by atoms with Gasteiger partial charge in [-0.1, -0.05) is 44.5 Å². The van der Waals surface area contributed by atoms with Gasteiger partial charge in [0.1, 0.15) is 34.9 Å². The van der Waals surface area contributed by atoms with Gasteiger partial charge in [0.05, 0.1) is 46.6 Å². The number of rotatable bonds is 13. The lowest BCUT2D eigenvalue weighted by Gasteiger charge is -2.48. The van der Waals surface area contributed by atoms with Gasteiger partial charge in [0.15, 0.2) is 12.6 Å². The number of carbonyl (C=O) groups excluding carboxylic acids is 2. The molecule has 4 rings (SSSR count). The minimum Gasteiger partial charge on any atom is -0.459 e. The van der Waals surface area contributed by atoms with E-state index in [1.807, 2.05) is 42.5 Å². The largest absolute Gasteiger partial charge is 0.459 e. The van der Waals surface area contributed by atoms with Crippen molar-refractivity contribution in [2.75, 3.05) is 40.8 Å². The lowest BCUT2D eigenvalue weighted by molar-refractivity contribution is -0.318. The molecule has 392 valence electrons. The standard InChI is InChI=1S/C47H81ClN4O15S/c1-14-35-47(10,59)39(54)30(6)52(21-17-20-49-44(57)50-68(60,61)34-19-16-15-18-32(34)48)25-26(2)23-45(8,58)41(67-43-37(53)33(51(11)12)22-27(3)63-43)28(4)38(29(5)42(56)65-35)66-36-24-46(9,62-13)40(55)31(7)64-36/h15-16,18-19,26-31,33,35-41,43,53-55,58-59H,14,17,20-25H2,1-13H3,(H2,49,50,57)/t26-,27+,28-,29+,30-,31-,33+,35-,36?,37+,38+,39-,40-,41-,43-,45-,46+,47-/m1/s1. The molecule has 1 aromatic rings. The number of aliphatic hydroxyl groups excluding tert-OH is 3. The molecule has 7 N–H and O–H groups in total. The first-order valence-corrected chi connectivity index (χ1v) is 25.7. The molecule has 0 spiro atoms. The van der Waals surface area contributed by atoms with Crippen LogP contribution in [-0.2, 0) is 43.2 Å². The van der Waals surface area contributed by atoms with Gasteiger partial charge in [-0.05, 0) is 106 Å². The minimum atomic E-state index is -4.28. The van der Waals surface area contributed by atoms with Gasteiger partial charge in [-0.3, -0.25) is 9.69 Å². The van der Waals surface area contributed by atoms with Crippen molar-refractivity contribution in [1.82, 2.24) is 19.8 Å². The fourth-order valence-electron chi connectivity index (χ4n) is 10.3. The molecule has 3 fully saturated rings. The van der Waals surface area contributed by atoms with Crippen LogP contribution in [0, 0.1) is 17.8 Å². The highest BCUT2D eigenvalue weighted by Crippen LogP contribution is 2.40. The molecule has 3 aliphatic rings. The first-order chi connectivity index (χ1) is 31.5. The second kappa shape index (κ2) is 24.0. The molecule has 0 aliphatic carbocycles. The third-order valence-corrected chi connectivity index (χ3v) is 16.1. The van der Waals surface area contributed by atoms with E-state index in [0.717, 1.165) is 0 Å². The van der Waals surface area contributed by atoms with Crippen LogP contribution in [0.3, 0.4) is 0 Å². The number of nitrogens with one attached hydrogen (secondary N) is 2. The highest BCUT2D eigenvalue weighted by molar-refractivity contribution is 7.90. The number of halogens is 1. The maximum Gasteiger partial charge on any atom is 0.328 e. The molecule has 3 aliphatic heterocycles. The molecule has 19 nitrogen and oxygen atoms in total. The number of ether oxygens (including phenoxy) is 6. The number of methoxy groups -OCH3 is 1. The summed E-state index contributed by atoms with van der Waals surface area (Å²) in [6.07, 6.45) is -9.44. The summed E-state index contributed by atoms with van der Waals surface area (Å²) in [4.78, 5) is 30.9. The van der Waals surface area contributed by atoms with Crippen LogP contribution in [-0.4, -0.2) is 187 Å². The normalized spacial score (nSPS) is 40.8. The zero-order valence-electron chi connectivity index (χ0n) is 42.1. The van der Waals surface area contributed by atoms with Crippen LogP contribution in [0.1, 0.15) is 101 Å². The number of esters is 1. The Labute approximate surface area is 408 Å². The van der Waals surface area contributed by atoms with Crippen molar-refractivity contribution in [3.05, 3.63) is 29.3 Å². The van der Waals surface area contributed by atoms with E-state index in [4.69, 9.17) is 40.0 Å². The maximum atomic E-state index is 14.5. The lowest BCUT2D eigenvalue weighted by Crippen LogP contribution is -2.60. The van der Waals surface area contributed by atoms with Crippen molar-refractivity contribution < 1.29 is 72.0 Å².